The average Bonchev–Trinajstić information content (AvgIpc) is 2.97. The van der Waals surface area contributed by atoms with Gasteiger partial charge in [0, 0.05) is 23.9 Å². The van der Waals surface area contributed by atoms with E-state index >= 15 is 0 Å². The van der Waals surface area contributed by atoms with E-state index in [2.05, 4.69) is 14.8 Å². The lowest BCUT2D eigenvalue weighted by atomic mass is 10.2. The Kier molecular flexibility index (Phi) is 2.93. The number of carboxylic acids is 1. The van der Waals surface area contributed by atoms with Gasteiger partial charge in [-0.1, -0.05) is 0 Å². The van der Waals surface area contributed by atoms with Crippen molar-refractivity contribution < 1.29 is 32.6 Å². The molecule has 3 rings (SSSR count). The van der Waals surface area contributed by atoms with Gasteiger partial charge in [0.05, 0.1) is 6.26 Å². The molecule has 0 aliphatic carbocycles. The van der Waals surface area contributed by atoms with Crippen LogP contribution in [-0.2, 0) is 6.54 Å². The van der Waals surface area contributed by atoms with Crippen molar-refractivity contribution in [1.29, 1.82) is 0 Å². The highest BCUT2D eigenvalue weighted by Gasteiger charge is 2.43. The summed E-state index contributed by atoms with van der Waals surface area (Å²) < 4.78 is 39.2. The Labute approximate surface area is 116 Å². The van der Waals surface area contributed by atoms with Crippen LogP contribution in [0.3, 0.4) is 0 Å². The number of carboxylic acid groups (broad SMARTS) is 1. The van der Waals surface area contributed by atoms with E-state index < -0.39 is 12.3 Å². The molecule has 0 amide bonds. The summed E-state index contributed by atoms with van der Waals surface area (Å²) in [4.78, 5) is 10.9. The summed E-state index contributed by atoms with van der Waals surface area (Å²) in [5, 5.41) is 11.8. The molecular weight excluding hydrogens is 288 g/mol. The van der Waals surface area contributed by atoms with E-state index in [9.17, 15) is 13.6 Å². The zero-order valence-corrected chi connectivity index (χ0v) is 10.4. The Bertz CT molecular complexity index is 698. The van der Waals surface area contributed by atoms with Gasteiger partial charge in [0.15, 0.2) is 11.5 Å². The molecule has 6 nitrogen and oxygen atoms in total. The molecule has 110 valence electrons. The molecule has 0 saturated heterocycles. The zero-order chi connectivity index (χ0) is 15.0. The van der Waals surface area contributed by atoms with Crippen LogP contribution in [0.2, 0.25) is 0 Å². The first-order valence-electron chi connectivity index (χ1n) is 5.88. The van der Waals surface area contributed by atoms with Gasteiger partial charge in [-0.15, -0.1) is 8.78 Å². The number of benzene rings is 1. The van der Waals surface area contributed by atoms with Crippen LogP contribution in [0.15, 0.2) is 34.9 Å². The minimum Gasteiger partial charge on any atom is -0.475 e. The van der Waals surface area contributed by atoms with Gasteiger partial charge in [-0.25, -0.2) is 4.79 Å². The molecule has 21 heavy (non-hydrogen) atoms. The summed E-state index contributed by atoms with van der Waals surface area (Å²) in [7, 11) is 0. The fraction of sp³-hybridized carbons (Fsp3) is 0.154. The third-order valence-electron chi connectivity index (χ3n) is 2.83. The standard InChI is InChI=1S/C13H9F2NO5/c14-13(15)20-9-2-1-8(5-10(9)21-13)16-6-7-3-4-19-11(7)12(17)18/h1-5,16H,6H2,(H,17,18). The maximum absolute atomic E-state index is 12.9. The molecule has 0 saturated carbocycles. The van der Waals surface area contributed by atoms with Crippen molar-refractivity contribution in [3.05, 3.63) is 41.9 Å². The van der Waals surface area contributed by atoms with E-state index in [0.29, 0.717) is 11.3 Å². The minimum atomic E-state index is -3.66. The Balaban J connectivity index is 1.73. The van der Waals surface area contributed by atoms with Gasteiger partial charge in [0.2, 0.25) is 5.76 Å². The fourth-order valence-corrected chi connectivity index (χ4v) is 1.92. The molecule has 0 unspecified atom stereocenters. The number of alkyl halides is 2. The molecule has 2 N–H and O–H groups in total. The predicted octanol–water partition coefficient (Wildman–Crippen LogP) is 2.91. The van der Waals surface area contributed by atoms with Gasteiger partial charge >= 0.3 is 12.3 Å². The number of hydrogen-bond acceptors (Lipinski definition) is 5. The Morgan fingerprint density at radius 2 is 2.00 bits per heavy atom. The van der Waals surface area contributed by atoms with E-state index in [1.54, 1.807) is 0 Å². The lowest BCUT2D eigenvalue weighted by Crippen LogP contribution is -2.25. The fourth-order valence-electron chi connectivity index (χ4n) is 1.92. The maximum atomic E-state index is 12.9. The van der Waals surface area contributed by atoms with Crippen molar-refractivity contribution in [3.63, 3.8) is 0 Å². The number of nitrogens with one attached hydrogen (secondary N) is 1. The second kappa shape index (κ2) is 4.65. The zero-order valence-electron chi connectivity index (χ0n) is 10.4. The first kappa shape index (κ1) is 13.2. The van der Waals surface area contributed by atoms with Gasteiger partial charge in [0.25, 0.3) is 0 Å². The number of rotatable bonds is 4. The normalized spacial score (nSPS) is 15.0. The molecule has 1 aromatic heterocycles. The highest BCUT2D eigenvalue weighted by Crippen LogP contribution is 2.42. The molecule has 8 heteroatoms. The molecule has 2 heterocycles. The van der Waals surface area contributed by atoms with Crippen LogP contribution in [0.5, 0.6) is 11.5 Å². The highest BCUT2D eigenvalue weighted by molar-refractivity contribution is 5.86. The van der Waals surface area contributed by atoms with E-state index in [1.807, 2.05) is 0 Å². The van der Waals surface area contributed by atoms with Gasteiger partial charge in [-0.2, -0.15) is 0 Å². The van der Waals surface area contributed by atoms with E-state index in [-0.39, 0.29) is 23.8 Å². The highest BCUT2D eigenvalue weighted by atomic mass is 19.3. The summed E-state index contributed by atoms with van der Waals surface area (Å²) in [5.74, 6) is -1.49. The molecule has 0 radical (unpaired) electrons. The van der Waals surface area contributed by atoms with Gasteiger partial charge in [-0.3, -0.25) is 0 Å². The van der Waals surface area contributed by atoms with Crippen molar-refractivity contribution in [3.8, 4) is 11.5 Å². The first-order chi connectivity index (χ1) is 9.94. The number of furan rings is 1. The van der Waals surface area contributed by atoms with Crippen LogP contribution in [-0.4, -0.2) is 17.4 Å². The van der Waals surface area contributed by atoms with Crippen molar-refractivity contribution >= 4 is 11.7 Å². The number of anilines is 1. The lowest BCUT2D eigenvalue weighted by molar-refractivity contribution is -0.286. The number of aromatic carboxylic acids is 1. The second-order valence-corrected chi connectivity index (χ2v) is 4.26. The summed E-state index contributed by atoms with van der Waals surface area (Å²) in [6.07, 6.45) is -2.40. The molecule has 0 atom stereocenters. The quantitative estimate of drug-likeness (QED) is 0.903. The van der Waals surface area contributed by atoms with E-state index in [4.69, 9.17) is 9.52 Å². The molecule has 0 fully saturated rings. The second-order valence-electron chi connectivity index (χ2n) is 4.26. The molecule has 1 aromatic carbocycles. The van der Waals surface area contributed by atoms with Crippen LogP contribution in [0.4, 0.5) is 14.5 Å². The Morgan fingerprint density at radius 3 is 2.76 bits per heavy atom. The Hall–Kier alpha value is -2.77. The monoisotopic (exact) mass is 297 g/mol. The first-order valence-corrected chi connectivity index (χ1v) is 5.88. The third-order valence-corrected chi connectivity index (χ3v) is 2.83. The predicted molar refractivity (Wildman–Crippen MR) is 65.6 cm³/mol. The average molecular weight is 297 g/mol. The van der Waals surface area contributed by atoms with Crippen LogP contribution >= 0.6 is 0 Å². The number of fused-ring (bicyclic) bond motifs is 1. The largest absolute Gasteiger partial charge is 0.586 e. The van der Waals surface area contributed by atoms with Crippen molar-refractivity contribution in [2.45, 2.75) is 12.8 Å². The number of halogens is 2. The number of ether oxygens (including phenoxy) is 2. The third kappa shape index (κ3) is 2.60. The summed E-state index contributed by atoms with van der Waals surface area (Å²) >= 11 is 0. The SMILES string of the molecule is O=C(O)c1occc1CNc1ccc2c(c1)OC(F)(F)O2. The van der Waals surface area contributed by atoms with E-state index in [1.165, 1.54) is 30.5 Å². The topological polar surface area (TPSA) is 80.9 Å². The van der Waals surface area contributed by atoms with Gasteiger partial charge in [0.1, 0.15) is 0 Å². The number of hydrogen-bond donors (Lipinski definition) is 2. The molecule has 0 bridgehead atoms. The maximum Gasteiger partial charge on any atom is 0.586 e. The molecular formula is C13H9F2NO5. The number of carbonyl (C=O) groups is 1. The van der Waals surface area contributed by atoms with Gasteiger partial charge in [-0.05, 0) is 18.2 Å². The molecule has 1 aliphatic rings. The van der Waals surface area contributed by atoms with Crippen LogP contribution < -0.4 is 14.8 Å². The minimum absolute atomic E-state index is 0.0555. The van der Waals surface area contributed by atoms with Crippen LogP contribution in [0.1, 0.15) is 16.1 Å². The van der Waals surface area contributed by atoms with Crippen LogP contribution in [0.25, 0.3) is 0 Å². The molecule has 2 aromatic rings. The van der Waals surface area contributed by atoms with Crippen LogP contribution in [0, 0.1) is 0 Å². The smallest absolute Gasteiger partial charge is 0.475 e. The summed E-state index contributed by atoms with van der Waals surface area (Å²) in [6.45, 7) is 0.161. The van der Waals surface area contributed by atoms with E-state index in [0.717, 1.165) is 0 Å². The summed E-state index contributed by atoms with van der Waals surface area (Å²) in [5.41, 5.74) is 0.915. The van der Waals surface area contributed by atoms with Crippen molar-refractivity contribution in [1.82, 2.24) is 0 Å². The van der Waals surface area contributed by atoms with Crippen molar-refractivity contribution in [2.75, 3.05) is 5.32 Å². The van der Waals surface area contributed by atoms with Crippen molar-refractivity contribution in [2.24, 2.45) is 0 Å². The Morgan fingerprint density at radius 1 is 1.24 bits per heavy atom. The van der Waals surface area contributed by atoms with Gasteiger partial charge < -0.3 is 24.3 Å². The molecule has 0 spiro atoms. The summed E-state index contributed by atoms with van der Waals surface area (Å²) in [6, 6.07) is 5.71. The molecule has 1 aliphatic heterocycles. The lowest BCUT2D eigenvalue weighted by Gasteiger charge is -2.06.